The van der Waals surface area contributed by atoms with E-state index in [4.69, 9.17) is 0 Å². The highest BCUT2D eigenvalue weighted by Crippen LogP contribution is 2.44. The lowest BCUT2D eigenvalue weighted by molar-refractivity contribution is 0.0979. The summed E-state index contributed by atoms with van der Waals surface area (Å²) in [5.74, 6) is 0.302. The van der Waals surface area contributed by atoms with Crippen LogP contribution in [0.1, 0.15) is 133 Å². The van der Waals surface area contributed by atoms with Crippen LogP contribution >= 0.6 is 22.7 Å². The number of fused-ring (bicyclic) bond motifs is 5. The second kappa shape index (κ2) is 15.0. The number of carbonyl (C=O) groups excluding carboxylic acids is 1. The van der Waals surface area contributed by atoms with E-state index in [1.165, 1.54) is 131 Å². The Morgan fingerprint density at radius 1 is 0.595 bits per heavy atom. The van der Waals surface area contributed by atoms with Crippen molar-refractivity contribution in [3.05, 3.63) is 47.5 Å². The number of benzene rings is 2. The molecule has 0 amide bonds. The van der Waals surface area contributed by atoms with Crippen LogP contribution in [0, 0.1) is 0 Å². The van der Waals surface area contributed by atoms with Gasteiger partial charge in [-0.15, -0.1) is 22.7 Å². The molecule has 37 heavy (non-hydrogen) atoms. The zero-order valence-corrected chi connectivity index (χ0v) is 24.8. The average molecular weight is 535 g/mol. The van der Waals surface area contributed by atoms with Crippen molar-refractivity contribution in [3.8, 4) is 0 Å². The van der Waals surface area contributed by atoms with E-state index in [2.05, 4.69) is 50.2 Å². The standard InChI is InChI=1S/C34H46OS2/c1-3-5-7-9-10-11-12-13-15-16-18-26-20-22-28-31(24-26)36-34-29-23-21-27(25-32(29)37-33(28)34)30(35)19-17-14-8-6-4-2/h20-25H,3-19H2,1-2H3. The van der Waals surface area contributed by atoms with E-state index in [0.29, 0.717) is 12.2 Å². The Labute approximate surface area is 232 Å². The first kappa shape index (κ1) is 28.3. The van der Waals surface area contributed by atoms with Crippen molar-refractivity contribution < 1.29 is 4.79 Å². The van der Waals surface area contributed by atoms with Crippen LogP contribution < -0.4 is 0 Å². The lowest BCUT2D eigenvalue weighted by Crippen LogP contribution is -1.98. The third-order valence-electron chi connectivity index (χ3n) is 7.80. The highest BCUT2D eigenvalue weighted by molar-refractivity contribution is 7.36. The summed E-state index contributed by atoms with van der Waals surface area (Å²) in [5, 5.41) is 2.70. The largest absolute Gasteiger partial charge is 0.294 e. The second-order valence-electron chi connectivity index (χ2n) is 10.9. The Morgan fingerprint density at radius 3 is 1.73 bits per heavy atom. The van der Waals surface area contributed by atoms with Crippen LogP contribution in [0.4, 0.5) is 0 Å². The van der Waals surface area contributed by atoms with Crippen LogP contribution in [0.2, 0.25) is 0 Å². The average Bonchev–Trinajstić information content (AvgIpc) is 3.44. The molecule has 0 aliphatic carbocycles. The molecule has 2 aromatic carbocycles. The fourth-order valence-corrected chi connectivity index (χ4v) is 8.24. The zero-order chi connectivity index (χ0) is 25.9. The number of hydrogen-bond acceptors (Lipinski definition) is 3. The maximum Gasteiger partial charge on any atom is 0.162 e. The summed E-state index contributed by atoms with van der Waals surface area (Å²) >= 11 is 3.79. The Morgan fingerprint density at radius 2 is 1.11 bits per heavy atom. The monoisotopic (exact) mass is 534 g/mol. The number of hydrogen-bond donors (Lipinski definition) is 0. The number of thiophene rings is 2. The molecule has 0 N–H and O–H groups in total. The number of ketones is 1. The van der Waals surface area contributed by atoms with E-state index in [-0.39, 0.29) is 0 Å². The molecule has 0 unspecified atom stereocenters. The van der Waals surface area contributed by atoms with Gasteiger partial charge in [0, 0.05) is 32.2 Å². The summed E-state index contributed by atoms with van der Waals surface area (Å²) in [6.07, 6.45) is 21.8. The van der Waals surface area contributed by atoms with Gasteiger partial charge in [-0.05, 0) is 37.0 Å². The van der Waals surface area contributed by atoms with Crippen LogP contribution in [0.5, 0.6) is 0 Å². The Bertz CT molecular complexity index is 1260. The first-order valence-electron chi connectivity index (χ1n) is 15.1. The lowest BCUT2D eigenvalue weighted by Gasteiger charge is -2.04. The lowest BCUT2D eigenvalue weighted by atomic mass is 10.0. The highest BCUT2D eigenvalue weighted by atomic mass is 32.1. The van der Waals surface area contributed by atoms with Gasteiger partial charge >= 0.3 is 0 Å². The molecule has 0 fully saturated rings. The van der Waals surface area contributed by atoms with E-state index in [9.17, 15) is 4.79 Å². The van der Waals surface area contributed by atoms with E-state index in [1.807, 2.05) is 22.7 Å². The predicted octanol–water partition coefficient (Wildman–Crippen LogP) is 12.3. The van der Waals surface area contributed by atoms with Crippen LogP contribution in [0.25, 0.3) is 29.6 Å². The Hall–Kier alpha value is -1.71. The van der Waals surface area contributed by atoms with Gasteiger partial charge in [0.25, 0.3) is 0 Å². The van der Waals surface area contributed by atoms with Gasteiger partial charge in [0.2, 0.25) is 0 Å². The van der Waals surface area contributed by atoms with Crippen LogP contribution in [0.15, 0.2) is 36.4 Å². The van der Waals surface area contributed by atoms with Crippen molar-refractivity contribution in [1.29, 1.82) is 0 Å². The fourth-order valence-electron chi connectivity index (χ4n) is 5.48. The number of aryl methyl sites for hydroxylation is 1. The highest BCUT2D eigenvalue weighted by Gasteiger charge is 2.14. The number of Topliss-reactive ketones (excluding diaryl/α,β-unsaturated/α-hetero) is 1. The summed E-state index contributed by atoms with van der Waals surface area (Å²) in [6, 6.07) is 13.5. The van der Waals surface area contributed by atoms with Gasteiger partial charge in [0.15, 0.2) is 5.78 Å². The summed E-state index contributed by atoms with van der Waals surface area (Å²) in [4.78, 5) is 12.7. The summed E-state index contributed by atoms with van der Waals surface area (Å²) < 4.78 is 5.46. The minimum Gasteiger partial charge on any atom is -0.294 e. The molecule has 0 saturated carbocycles. The summed E-state index contributed by atoms with van der Waals surface area (Å²) in [5.41, 5.74) is 2.37. The van der Waals surface area contributed by atoms with E-state index in [0.717, 1.165) is 12.0 Å². The third-order valence-corrected chi connectivity index (χ3v) is 10.3. The van der Waals surface area contributed by atoms with E-state index < -0.39 is 0 Å². The molecule has 0 saturated heterocycles. The van der Waals surface area contributed by atoms with Gasteiger partial charge in [-0.3, -0.25) is 4.79 Å². The van der Waals surface area contributed by atoms with Gasteiger partial charge in [-0.25, -0.2) is 0 Å². The minimum atomic E-state index is 0.302. The number of unbranched alkanes of at least 4 members (excludes halogenated alkanes) is 13. The molecule has 2 heterocycles. The van der Waals surface area contributed by atoms with Gasteiger partial charge in [0.05, 0.1) is 9.40 Å². The Kier molecular flexibility index (Phi) is 11.5. The summed E-state index contributed by atoms with van der Waals surface area (Å²) in [7, 11) is 0. The number of carbonyl (C=O) groups is 1. The molecule has 4 rings (SSSR count). The smallest absolute Gasteiger partial charge is 0.162 e. The van der Waals surface area contributed by atoms with Crippen molar-refractivity contribution in [2.75, 3.05) is 0 Å². The molecular formula is C34H46OS2. The quantitative estimate of drug-likeness (QED) is 0.0916. The van der Waals surface area contributed by atoms with Crippen LogP contribution in [-0.2, 0) is 6.42 Å². The van der Waals surface area contributed by atoms with Crippen LogP contribution in [0.3, 0.4) is 0 Å². The van der Waals surface area contributed by atoms with Gasteiger partial charge in [0.1, 0.15) is 0 Å². The molecule has 0 atom stereocenters. The molecule has 2 aromatic heterocycles. The minimum absolute atomic E-state index is 0.302. The molecule has 0 aliphatic rings. The third kappa shape index (κ3) is 7.90. The van der Waals surface area contributed by atoms with Gasteiger partial charge in [-0.2, -0.15) is 0 Å². The normalized spacial score (nSPS) is 11.8. The SMILES string of the molecule is CCCCCCCCCCCCc1ccc2c(c1)sc1c3ccc(C(=O)CCCCCCC)cc3sc21. The van der Waals surface area contributed by atoms with Crippen molar-refractivity contribution >= 4 is 58.0 Å². The van der Waals surface area contributed by atoms with E-state index >= 15 is 0 Å². The first-order valence-corrected chi connectivity index (χ1v) is 16.8. The van der Waals surface area contributed by atoms with Crippen LogP contribution in [-0.4, -0.2) is 5.78 Å². The zero-order valence-electron chi connectivity index (χ0n) is 23.2. The first-order chi connectivity index (χ1) is 18.2. The molecule has 4 aromatic rings. The topological polar surface area (TPSA) is 17.1 Å². The van der Waals surface area contributed by atoms with Crippen molar-refractivity contribution in [3.63, 3.8) is 0 Å². The van der Waals surface area contributed by atoms with Crippen molar-refractivity contribution in [1.82, 2.24) is 0 Å². The molecule has 0 radical (unpaired) electrons. The maximum atomic E-state index is 12.7. The number of rotatable bonds is 18. The van der Waals surface area contributed by atoms with Crippen molar-refractivity contribution in [2.24, 2.45) is 0 Å². The van der Waals surface area contributed by atoms with Crippen molar-refractivity contribution in [2.45, 2.75) is 123 Å². The molecular weight excluding hydrogens is 489 g/mol. The molecule has 0 bridgehead atoms. The second-order valence-corrected chi connectivity index (χ2v) is 13.0. The molecule has 1 nitrogen and oxygen atoms in total. The van der Waals surface area contributed by atoms with Gasteiger partial charge in [-0.1, -0.05) is 122 Å². The maximum absolute atomic E-state index is 12.7. The predicted molar refractivity (Wildman–Crippen MR) is 168 cm³/mol. The molecule has 200 valence electrons. The Balaban J connectivity index is 1.30. The van der Waals surface area contributed by atoms with E-state index in [1.54, 1.807) is 0 Å². The molecule has 0 spiro atoms. The summed E-state index contributed by atoms with van der Waals surface area (Å²) in [6.45, 7) is 4.52. The fraction of sp³-hybridized carbons (Fsp3) is 0.559. The van der Waals surface area contributed by atoms with Gasteiger partial charge < -0.3 is 0 Å². The molecule has 0 aliphatic heterocycles. The molecule has 3 heteroatoms.